The molecule has 2 rings (SSSR count). The summed E-state index contributed by atoms with van der Waals surface area (Å²) in [4.78, 5) is 9.40. The molecule has 17 heavy (non-hydrogen) atoms. The van der Waals surface area contributed by atoms with Crippen molar-refractivity contribution >= 4 is 5.69 Å². The van der Waals surface area contributed by atoms with Gasteiger partial charge in [-0.25, -0.2) is 4.39 Å². The molecule has 1 aliphatic carbocycles. The van der Waals surface area contributed by atoms with Crippen LogP contribution in [-0.4, -0.2) is 16.1 Å². The van der Waals surface area contributed by atoms with Gasteiger partial charge in [0.1, 0.15) is 5.82 Å². The molecule has 92 valence electrons. The Morgan fingerprint density at radius 3 is 2.47 bits per heavy atom. The minimum Gasteiger partial charge on any atom is -0.393 e. The Morgan fingerprint density at radius 1 is 1.41 bits per heavy atom. The van der Waals surface area contributed by atoms with E-state index >= 15 is 0 Å². The molecule has 0 saturated heterocycles. The number of halogens is 2. The Morgan fingerprint density at radius 2 is 2.00 bits per heavy atom. The van der Waals surface area contributed by atoms with Crippen molar-refractivity contribution in [2.45, 2.75) is 24.5 Å². The molecule has 3 N–H and O–H groups in total. The molecule has 1 aromatic rings. The molecule has 0 atom stereocenters. The van der Waals surface area contributed by atoms with Gasteiger partial charge in [-0.3, -0.25) is 10.1 Å². The quantitative estimate of drug-likeness (QED) is 0.603. The van der Waals surface area contributed by atoms with E-state index in [2.05, 4.69) is 0 Å². The van der Waals surface area contributed by atoms with Crippen molar-refractivity contribution in [3.63, 3.8) is 0 Å². The number of aliphatic hydroxyl groups excluding tert-OH is 1. The Hall–Kier alpha value is -1.60. The van der Waals surface area contributed by atoms with Crippen LogP contribution in [0.1, 0.15) is 18.4 Å². The van der Waals surface area contributed by atoms with Crippen LogP contribution in [0.4, 0.5) is 14.5 Å². The molecule has 1 aliphatic rings. The van der Waals surface area contributed by atoms with Crippen molar-refractivity contribution in [1.29, 1.82) is 0 Å². The van der Waals surface area contributed by atoms with E-state index < -0.39 is 33.9 Å². The largest absolute Gasteiger partial charge is 0.393 e. The van der Waals surface area contributed by atoms with Crippen molar-refractivity contribution in [3.8, 4) is 0 Å². The summed E-state index contributed by atoms with van der Waals surface area (Å²) in [5.74, 6) is -2.05. The van der Waals surface area contributed by atoms with E-state index in [9.17, 15) is 18.9 Å². The van der Waals surface area contributed by atoms with Crippen molar-refractivity contribution in [2.24, 2.45) is 5.73 Å². The topological polar surface area (TPSA) is 89.4 Å². The monoisotopic (exact) mass is 244 g/mol. The van der Waals surface area contributed by atoms with Crippen LogP contribution in [0, 0.1) is 21.7 Å². The highest BCUT2D eigenvalue weighted by atomic mass is 19.1. The number of nitrogens with zero attached hydrogens (tertiary/aromatic N) is 1. The highest BCUT2D eigenvalue weighted by Crippen LogP contribution is 2.41. The van der Waals surface area contributed by atoms with Crippen molar-refractivity contribution in [1.82, 2.24) is 0 Å². The molecule has 0 aliphatic heterocycles. The molecule has 0 spiro atoms. The fourth-order valence-corrected chi connectivity index (χ4v) is 2.06. The summed E-state index contributed by atoms with van der Waals surface area (Å²) in [5, 5.41) is 19.5. The number of nitrogens with two attached hydrogens (primary N) is 1. The molecule has 1 aromatic carbocycles. The second kappa shape index (κ2) is 3.71. The predicted octanol–water partition coefficient (Wildman–Crippen LogP) is 1.18. The molecule has 1 saturated carbocycles. The van der Waals surface area contributed by atoms with Crippen molar-refractivity contribution < 1.29 is 18.8 Å². The highest BCUT2D eigenvalue weighted by Gasteiger charge is 2.44. The molecular formula is C10H10F2N2O3. The number of nitro groups is 1. The predicted molar refractivity (Wildman–Crippen MR) is 54.1 cm³/mol. The zero-order chi connectivity index (χ0) is 12.8. The molecule has 0 bridgehead atoms. The zero-order valence-electron chi connectivity index (χ0n) is 8.69. The summed E-state index contributed by atoms with van der Waals surface area (Å²) in [6.07, 6.45) is -0.417. The van der Waals surface area contributed by atoms with Crippen LogP contribution in [0.15, 0.2) is 12.1 Å². The lowest BCUT2D eigenvalue weighted by Crippen LogP contribution is -2.52. The van der Waals surface area contributed by atoms with Crippen LogP contribution in [-0.2, 0) is 5.54 Å². The molecule has 5 nitrogen and oxygen atoms in total. The van der Waals surface area contributed by atoms with Gasteiger partial charge >= 0.3 is 5.69 Å². The summed E-state index contributed by atoms with van der Waals surface area (Å²) >= 11 is 0. The van der Waals surface area contributed by atoms with Crippen molar-refractivity contribution in [2.75, 3.05) is 0 Å². The Balaban J connectivity index is 2.44. The first-order chi connectivity index (χ1) is 7.83. The van der Waals surface area contributed by atoms with Crippen molar-refractivity contribution in [3.05, 3.63) is 39.4 Å². The average molecular weight is 244 g/mol. The van der Waals surface area contributed by atoms with Crippen LogP contribution in [0.25, 0.3) is 0 Å². The van der Waals surface area contributed by atoms with E-state index in [-0.39, 0.29) is 18.4 Å². The fourth-order valence-electron chi connectivity index (χ4n) is 2.06. The van der Waals surface area contributed by atoms with Gasteiger partial charge in [-0.15, -0.1) is 0 Å². The van der Waals surface area contributed by atoms with Gasteiger partial charge in [0.2, 0.25) is 5.82 Å². The van der Waals surface area contributed by atoms with E-state index in [1.54, 1.807) is 0 Å². The van der Waals surface area contributed by atoms with Gasteiger partial charge in [-0.2, -0.15) is 4.39 Å². The third-order valence-electron chi connectivity index (χ3n) is 2.97. The third kappa shape index (κ3) is 1.87. The lowest BCUT2D eigenvalue weighted by atomic mass is 9.70. The second-order valence-electron chi connectivity index (χ2n) is 4.26. The van der Waals surface area contributed by atoms with Gasteiger partial charge in [0.05, 0.1) is 17.1 Å². The van der Waals surface area contributed by atoms with Gasteiger partial charge in [0.15, 0.2) is 0 Å². The summed E-state index contributed by atoms with van der Waals surface area (Å²) in [6.45, 7) is 0. The third-order valence-corrected chi connectivity index (χ3v) is 2.97. The normalized spacial score (nSPS) is 27.6. The smallest absolute Gasteiger partial charge is 0.307 e. The van der Waals surface area contributed by atoms with Gasteiger partial charge in [-0.1, -0.05) is 0 Å². The first-order valence-electron chi connectivity index (χ1n) is 4.94. The summed E-state index contributed by atoms with van der Waals surface area (Å²) in [6, 6.07) is 1.25. The highest BCUT2D eigenvalue weighted by molar-refractivity contribution is 5.40. The van der Waals surface area contributed by atoms with E-state index in [0.29, 0.717) is 6.07 Å². The van der Waals surface area contributed by atoms with E-state index in [4.69, 9.17) is 10.8 Å². The first kappa shape index (κ1) is 11.9. The maximum absolute atomic E-state index is 13.6. The van der Waals surface area contributed by atoms with Gasteiger partial charge in [0.25, 0.3) is 0 Å². The van der Waals surface area contributed by atoms with Crippen LogP contribution in [0.3, 0.4) is 0 Å². The van der Waals surface area contributed by atoms with Crippen LogP contribution >= 0.6 is 0 Å². The number of nitro benzene ring substituents is 1. The maximum atomic E-state index is 13.6. The molecule has 0 aromatic heterocycles. The lowest BCUT2D eigenvalue weighted by Gasteiger charge is -2.42. The van der Waals surface area contributed by atoms with E-state index in [1.807, 2.05) is 0 Å². The lowest BCUT2D eigenvalue weighted by molar-refractivity contribution is -0.387. The van der Waals surface area contributed by atoms with Crippen LogP contribution < -0.4 is 5.73 Å². The number of hydrogen-bond acceptors (Lipinski definition) is 4. The van der Waals surface area contributed by atoms with Gasteiger partial charge in [0, 0.05) is 11.1 Å². The molecule has 1 fully saturated rings. The average Bonchev–Trinajstić information content (AvgIpc) is 2.18. The number of benzene rings is 1. The molecule has 0 heterocycles. The minimum absolute atomic E-state index is 0.112. The first-order valence-corrected chi connectivity index (χ1v) is 4.94. The Bertz CT molecular complexity index is 487. The standard InChI is InChI=1S/C10H10F2N2O3/c11-7-2-9(14(16)17)8(12)1-6(7)10(13)3-5(15)4-10/h1-2,5,15H,3-4,13H2. The van der Waals surface area contributed by atoms with Gasteiger partial charge in [-0.05, 0) is 18.9 Å². The molecule has 0 amide bonds. The summed E-state index contributed by atoms with van der Waals surface area (Å²) in [5.41, 5.74) is 3.58. The SMILES string of the molecule is NC1(c2cc(F)c([N+](=O)[O-])cc2F)CC(O)C1. The Kier molecular flexibility index (Phi) is 2.59. The van der Waals surface area contributed by atoms with Crippen LogP contribution in [0.2, 0.25) is 0 Å². The molecular weight excluding hydrogens is 234 g/mol. The Labute approximate surface area is 95.0 Å². The second-order valence-corrected chi connectivity index (χ2v) is 4.26. The molecule has 0 unspecified atom stereocenters. The van der Waals surface area contributed by atoms with E-state index in [0.717, 1.165) is 6.07 Å². The summed E-state index contributed by atoms with van der Waals surface area (Å²) < 4.78 is 26.9. The minimum atomic E-state index is -1.14. The van der Waals surface area contributed by atoms with Gasteiger partial charge < -0.3 is 10.8 Å². The fraction of sp³-hybridized carbons (Fsp3) is 0.400. The number of hydrogen-bond donors (Lipinski definition) is 2. The number of aliphatic hydroxyl groups is 1. The molecule has 7 heteroatoms. The van der Waals surface area contributed by atoms with E-state index in [1.165, 1.54) is 0 Å². The number of rotatable bonds is 2. The maximum Gasteiger partial charge on any atom is 0.307 e. The zero-order valence-corrected chi connectivity index (χ0v) is 8.69. The van der Waals surface area contributed by atoms with Crippen LogP contribution in [0.5, 0.6) is 0 Å². The molecule has 0 radical (unpaired) electrons. The summed E-state index contributed by atoms with van der Waals surface area (Å²) in [7, 11) is 0.